The van der Waals surface area contributed by atoms with E-state index in [1.54, 1.807) is 4.68 Å². The third kappa shape index (κ3) is 4.75. The predicted molar refractivity (Wildman–Crippen MR) is 154 cm³/mol. The summed E-state index contributed by atoms with van der Waals surface area (Å²) in [4.78, 5) is 18.0. The second-order valence-corrected chi connectivity index (χ2v) is 9.86. The van der Waals surface area contributed by atoms with Gasteiger partial charge in [0.05, 0.1) is 5.57 Å². The van der Waals surface area contributed by atoms with Crippen molar-refractivity contribution in [2.75, 3.05) is 10.6 Å². The topological polar surface area (TPSA) is 81.1 Å². The Morgan fingerprint density at radius 3 is 2.59 bits per heavy atom. The van der Waals surface area contributed by atoms with Crippen LogP contribution in [0.3, 0.4) is 0 Å². The van der Waals surface area contributed by atoms with Crippen LogP contribution in [-0.4, -0.2) is 20.7 Å². The Balaban J connectivity index is 1.27. The summed E-state index contributed by atoms with van der Waals surface area (Å²) >= 11 is 0. The first-order chi connectivity index (χ1) is 19.0. The van der Waals surface area contributed by atoms with E-state index in [4.69, 9.17) is 4.74 Å². The number of hydrogen-bond donors (Lipinski definition) is 2. The predicted octanol–water partition coefficient (Wildman–Crippen LogP) is 6.55. The number of carbonyl (C=O) groups excluding carboxylic acids is 1. The summed E-state index contributed by atoms with van der Waals surface area (Å²) in [7, 11) is 0. The maximum absolute atomic E-state index is 13.7. The molecule has 6 rings (SSSR count). The van der Waals surface area contributed by atoms with E-state index in [1.165, 1.54) is 17.1 Å². The van der Waals surface area contributed by atoms with Crippen LogP contribution in [0.4, 0.5) is 11.6 Å². The molecule has 0 radical (unpaired) electrons. The molecule has 1 atom stereocenters. The average molecular weight is 516 g/mol. The van der Waals surface area contributed by atoms with Crippen molar-refractivity contribution >= 4 is 28.3 Å². The highest BCUT2D eigenvalue weighted by atomic mass is 16.5. The lowest BCUT2D eigenvalue weighted by atomic mass is 9.94. The molecule has 194 valence electrons. The number of rotatable bonds is 6. The molecule has 0 fully saturated rings. The molecular weight excluding hydrogens is 486 g/mol. The molecule has 2 N–H and O–H groups in total. The van der Waals surface area contributed by atoms with Gasteiger partial charge in [-0.2, -0.15) is 10.1 Å². The fourth-order valence-electron chi connectivity index (χ4n) is 5.16. The molecule has 0 aliphatic carbocycles. The van der Waals surface area contributed by atoms with Gasteiger partial charge in [0.15, 0.2) is 0 Å². The van der Waals surface area contributed by atoms with Crippen LogP contribution in [0, 0.1) is 13.8 Å². The van der Waals surface area contributed by atoms with Gasteiger partial charge in [-0.1, -0.05) is 72.3 Å². The number of fused-ring (bicyclic) bond motifs is 2. The Hall–Kier alpha value is -4.91. The maximum Gasteiger partial charge on any atom is 0.255 e. The number of ether oxygens (including phenoxy) is 1. The zero-order valence-corrected chi connectivity index (χ0v) is 22.1. The van der Waals surface area contributed by atoms with Gasteiger partial charge in [-0.15, -0.1) is 0 Å². The minimum Gasteiger partial charge on any atom is -0.489 e. The third-order valence-electron chi connectivity index (χ3n) is 7.14. The number of carbonyl (C=O) groups is 1. The van der Waals surface area contributed by atoms with Crippen LogP contribution in [0.5, 0.6) is 5.75 Å². The minimum atomic E-state index is -0.443. The van der Waals surface area contributed by atoms with Gasteiger partial charge in [0, 0.05) is 11.4 Å². The van der Waals surface area contributed by atoms with Crippen molar-refractivity contribution in [3.8, 4) is 5.75 Å². The summed E-state index contributed by atoms with van der Waals surface area (Å²) in [6.45, 7) is 6.38. The fourth-order valence-corrected chi connectivity index (χ4v) is 5.16. The number of benzene rings is 4. The maximum atomic E-state index is 13.7. The molecule has 1 aliphatic heterocycles. The Morgan fingerprint density at radius 1 is 0.974 bits per heavy atom. The number of amides is 1. The van der Waals surface area contributed by atoms with Gasteiger partial charge in [-0.3, -0.25) is 4.79 Å². The SMILES string of the molecule is CC1=C(C(=O)Nc2ccc(C)cc2C)C(c2ccc(OCc3cccc4ccccc34)cc2)n2ncnc2N1. The quantitative estimate of drug-likeness (QED) is 0.268. The Bertz CT molecular complexity index is 1710. The van der Waals surface area contributed by atoms with Gasteiger partial charge in [0.2, 0.25) is 5.95 Å². The smallest absolute Gasteiger partial charge is 0.255 e. The van der Waals surface area contributed by atoms with Gasteiger partial charge in [0.25, 0.3) is 5.91 Å². The van der Waals surface area contributed by atoms with Crippen molar-refractivity contribution in [1.82, 2.24) is 14.8 Å². The summed E-state index contributed by atoms with van der Waals surface area (Å²) in [5, 5.41) is 13.1. The molecule has 1 aromatic heterocycles. The third-order valence-corrected chi connectivity index (χ3v) is 7.14. The largest absolute Gasteiger partial charge is 0.489 e. The van der Waals surface area contributed by atoms with E-state index < -0.39 is 6.04 Å². The van der Waals surface area contributed by atoms with Gasteiger partial charge in [-0.05, 0) is 66.4 Å². The van der Waals surface area contributed by atoms with Crippen molar-refractivity contribution in [2.24, 2.45) is 0 Å². The van der Waals surface area contributed by atoms with Gasteiger partial charge in [0.1, 0.15) is 24.7 Å². The van der Waals surface area contributed by atoms with Crippen LogP contribution in [0.25, 0.3) is 10.8 Å². The second-order valence-electron chi connectivity index (χ2n) is 9.86. The number of aromatic nitrogens is 3. The molecule has 39 heavy (non-hydrogen) atoms. The van der Waals surface area contributed by atoms with E-state index in [2.05, 4.69) is 57.1 Å². The van der Waals surface area contributed by atoms with E-state index in [0.29, 0.717) is 18.1 Å². The number of anilines is 2. The number of aryl methyl sites for hydroxylation is 2. The number of allylic oxidation sites excluding steroid dienone is 1. The monoisotopic (exact) mass is 515 g/mol. The first-order valence-corrected chi connectivity index (χ1v) is 12.9. The highest BCUT2D eigenvalue weighted by Crippen LogP contribution is 2.36. The molecule has 4 aromatic carbocycles. The summed E-state index contributed by atoms with van der Waals surface area (Å²) in [5.74, 6) is 1.16. The molecule has 1 amide bonds. The fraction of sp³-hybridized carbons (Fsp3) is 0.156. The molecule has 0 spiro atoms. The molecule has 0 saturated carbocycles. The Kier molecular flexibility index (Phi) is 6.32. The second kappa shape index (κ2) is 10.1. The standard InChI is InChI=1S/C32H29N5O2/c1-20-11-16-28(21(2)17-20)36-31(38)29-22(3)35-32-33-19-34-37(32)30(29)24-12-14-26(15-13-24)39-18-25-9-6-8-23-7-4-5-10-27(23)25/h4-17,19,30H,18H2,1-3H3,(H,36,38)(H,33,34,35). The van der Waals surface area contributed by atoms with Crippen LogP contribution in [0.15, 0.2) is 103 Å². The summed E-state index contributed by atoms with van der Waals surface area (Å²) in [5.41, 5.74) is 6.30. The average Bonchev–Trinajstić information content (AvgIpc) is 3.41. The van der Waals surface area contributed by atoms with E-state index in [-0.39, 0.29) is 5.91 Å². The summed E-state index contributed by atoms with van der Waals surface area (Å²) < 4.78 is 7.90. The van der Waals surface area contributed by atoms with Crippen LogP contribution in [0.1, 0.15) is 35.2 Å². The number of hydrogen-bond acceptors (Lipinski definition) is 5. The molecular formula is C32H29N5O2. The molecule has 2 heterocycles. The lowest BCUT2D eigenvalue weighted by molar-refractivity contribution is -0.113. The van der Waals surface area contributed by atoms with Crippen LogP contribution in [0.2, 0.25) is 0 Å². The lowest BCUT2D eigenvalue weighted by Crippen LogP contribution is -2.31. The van der Waals surface area contributed by atoms with Gasteiger partial charge >= 0.3 is 0 Å². The summed E-state index contributed by atoms with van der Waals surface area (Å²) in [6, 6.07) is 27.9. The molecule has 5 aromatic rings. The van der Waals surface area contributed by atoms with Crippen molar-refractivity contribution in [3.05, 3.63) is 125 Å². The molecule has 7 heteroatoms. The Morgan fingerprint density at radius 2 is 1.77 bits per heavy atom. The molecule has 7 nitrogen and oxygen atoms in total. The van der Waals surface area contributed by atoms with Crippen molar-refractivity contribution in [3.63, 3.8) is 0 Å². The van der Waals surface area contributed by atoms with E-state index in [1.807, 2.05) is 69.3 Å². The summed E-state index contributed by atoms with van der Waals surface area (Å²) in [6.07, 6.45) is 1.50. The van der Waals surface area contributed by atoms with Crippen LogP contribution in [-0.2, 0) is 11.4 Å². The molecule has 0 bridgehead atoms. The lowest BCUT2D eigenvalue weighted by Gasteiger charge is -2.29. The Labute approximate surface area is 227 Å². The minimum absolute atomic E-state index is 0.186. The number of nitrogens with one attached hydrogen (secondary N) is 2. The zero-order chi connectivity index (χ0) is 26.9. The highest BCUT2D eigenvalue weighted by molar-refractivity contribution is 6.06. The molecule has 1 aliphatic rings. The first-order valence-electron chi connectivity index (χ1n) is 12.9. The zero-order valence-electron chi connectivity index (χ0n) is 22.1. The van der Waals surface area contributed by atoms with Crippen LogP contribution < -0.4 is 15.4 Å². The van der Waals surface area contributed by atoms with Crippen molar-refractivity contribution < 1.29 is 9.53 Å². The molecule has 0 saturated heterocycles. The van der Waals surface area contributed by atoms with Crippen LogP contribution >= 0.6 is 0 Å². The first kappa shape index (κ1) is 24.4. The van der Waals surface area contributed by atoms with Gasteiger partial charge < -0.3 is 15.4 Å². The van der Waals surface area contributed by atoms with E-state index >= 15 is 0 Å². The highest BCUT2D eigenvalue weighted by Gasteiger charge is 2.33. The van der Waals surface area contributed by atoms with E-state index in [0.717, 1.165) is 39.4 Å². The van der Waals surface area contributed by atoms with Gasteiger partial charge in [-0.25, -0.2) is 4.68 Å². The van der Waals surface area contributed by atoms with Crippen molar-refractivity contribution in [2.45, 2.75) is 33.4 Å². The number of nitrogens with zero attached hydrogens (tertiary/aromatic N) is 3. The molecule has 1 unspecified atom stereocenters. The van der Waals surface area contributed by atoms with Crippen molar-refractivity contribution in [1.29, 1.82) is 0 Å². The normalized spacial score (nSPS) is 14.6. The van der Waals surface area contributed by atoms with E-state index in [9.17, 15) is 4.79 Å².